The number of hydrogen-bond acceptors (Lipinski definition) is 3. The highest BCUT2D eigenvalue weighted by molar-refractivity contribution is 9.10. The molecule has 0 fully saturated rings. The SMILES string of the molecule is O=[N+]([O-])c1c(F)ccc2scc(Br)c12. The fourth-order valence-electron chi connectivity index (χ4n) is 1.23. The molecule has 0 aliphatic rings. The average Bonchev–Trinajstić information content (AvgIpc) is 2.47. The van der Waals surface area contributed by atoms with Gasteiger partial charge in [0.25, 0.3) is 0 Å². The Balaban J connectivity index is 2.94. The maximum absolute atomic E-state index is 13.2. The lowest BCUT2D eigenvalue weighted by atomic mass is 10.2. The smallest absolute Gasteiger partial charge is 0.258 e. The van der Waals surface area contributed by atoms with E-state index < -0.39 is 16.4 Å². The molecular formula is C8H3BrFNO2S. The molecule has 14 heavy (non-hydrogen) atoms. The van der Waals surface area contributed by atoms with Crippen LogP contribution in [0.2, 0.25) is 0 Å². The van der Waals surface area contributed by atoms with Crippen molar-refractivity contribution in [2.75, 3.05) is 0 Å². The number of hydrogen-bond donors (Lipinski definition) is 0. The number of benzene rings is 1. The Labute approximate surface area is 90.4 Å². The van der Waals surface area contributed by atoms with Crippen molar-refractivity contribution in [1.29, 1.82) is 0 Å². The summed E-state index contributed by atoms with van der Waals surface area (Å²) in [5.74, 6) is -0.804. The molecule has 0 amide bonds. The number of thiophene rings is 1. The first kappa shape index (κ1) is 9.54. The average molecular weight is 276 g/mol. The molecule has 3 nitrogen and oxygen atoms in total. The Hall–Kier alpha value is -1.01. The van der Waals surface area contributed by atoms with Gasteiger partial charge in [0.15, 0.2) is 0 Å². The van der Waals surface area contributed by atoms with Crippen molar-refractivity contribution in [2.24, 2.45) is 0 Å². The first-order chi connectivity index (χ1) is 6.61. The van der Waals surface area contributed by atoms with E-state index in [1.807, 2.05) is 0 Å². The lowest BCUT2D eigenvalue weighted by Gasteiger charge is -1.96. The molecule has 0 aliphatic heterocycles. The molecule has 72 valence electrons. The second-order valence-electron chi connectivity index (χ2n) is 2.61. The van der Waals surface area contributed by atoms with E-state index in [1.165, 1.54) is 17.4 Å². The van der Waals surface area contributed by atoms with Gasteiger partial charge in [-0.3, -0.25) is 10.1 Å². The standard InChI is InChI=1S/C8H3BrFNO2S/c9-4-3-14-6-2-1-5(10)8(7(4)6)11(12)13/h1-3H. The fourth-order valence-corrected chi connectivity index (χ4v) is 2.86. The number of nitro groups is 1. The van der Waals surface area contributed by atoms with E-state index in [-0.39, 0.29) is 0 Å². The van der Waals surface area contributed by atoms with Gasteiger partial charge in [-0.2, -0.15) is 4.39 Å². The molecular weight excluding hydrogens is 273 g/mol. The van der Waals surface area contributed by atoms with Gasteiger partial charge in [0.2, 0.25) is 5.82 Å². The largest absolute Gasteiger partial charge is 0.314 e. The van der Waals surface area contributed by atoms with Crippen molar-refractivity contribution >= 4 is 43.0 Å². The van der Waals surface area contributed by atoms with Gasteiger partial charge in [0, 0.05) is 14.6 Å². The third-order valence-electron chi connectivity index (χ3n) is 1.80. The van der Waals surface area contributed by atoms with Gasteiger partial charge in [0.1, 0.15) is 0 Å². The van der Waals surface area contributed by atoms with Gasteiger partial charge in [0.05, 0.1) is 10.3 Å². The van der Waals surface area contributed by atoms with Crippen LogP contribution >= 0.6 is 27.3 Å². The van der Waals surface area contributed by atoms with E-state index in [0.717, 1.165) is 6.07 Å². The van der Waals surface area contributed by atoms with Crippen molar-refractivity contribution in [3.8, 4) is 0 Å². The molecule has 0 atom stereocenters. The number of fused-ring (bicyclic) bond motifs is 1. The Morgan fingerprint density at radius 2 is 2.21 bits per heavy atom. The van der Waals surface area contributed by atoms with E-state index >= 15 is 0 Å². The maximum Gasteiger partial charge on any atom is 0.314 e. The van der Waals surface area contributed by atoms with Crippen LogP contribution < -0.4 is 0 Å². The minimum absolute atomic E-state index is 0.333. The number of rotatable bonds is 1. The van der Waals surface area contributed by atoms with Crippen LogP contribution in [0.4, 0.5) is 10.1 Å². The van der Waals surface area contributed by atoms with Gasteiger partial charge in [-0.15, -0.1) is 11.3 Å². The van der Waals surface area contributed by atoms with Crippen LogP contribution in [0.1, 0.15) is 0 Å². The lowest BCUT2D eigenvalue weighted by molar-refractivity contribution is -0.385. The first-order valence-electron chi connectivity index (χ1n) is 3.61. The summed E-state index contributed by atoms with van der Waals surface area (Å²) >= 11 is 4.50. The summed E-state index contributed by atoms with van der Waals surface area (Å²) in [5, 5.41) is 12.7. The molecule has 2 aromatic rings. The van der Waals surface area contributed by atoms with Gasteiger partial charge < -0.3 is 0 Å². The van der Waals surface area contributed by atoms with Crippen molar-refractivity contribution < 1.29 is 9.31 Å². The Bertz CT molecular complexity index is 525. The van der Waals surface area contributed by atoms with Gasteiger partial charge in [-0.25, -0.2) is 0 Å². The second kappa shape index (κ2) is 3.29. The molecule has 1 aromatic heterocycles. The van der Waals surface area contributed by atoms with Crippen LogP contribution in [0.5, 0.6) is 0 Å². The zero-order valence-electron chi connectivity index (χ0n) is 6.66. The van der Waals surface area contributed by atoms with Gasteiger partial charge in [-0.05, 0) is 28.1 Å². The molecule has 0 radical (unpaired) electrons. The van der Waals surface area contributed by atoms with E-state index in [1.54, 1.807) is 5.38 Å². The lowest BCUT2D eigenvalue weighted by Crippen LogP contribution is -1.92. The molecule has 1 heterocycles. The Morgan fingerprint density at radius 1 is 1.50 bits per heavy atom. The normalized spacial score (nSPS) is 10.7. The van der Waals surface area contributed by atoms with E-state index in [9.17, 15) is 14.5 Å². The van der Waals surface area contributed by atoms with Crippen LogP contribution in [0, 0.1) is 15.9 Å². The predicted octanol–water partition coefficient (Wildman–Crippen LogP) is 3.71. The third kappa shape index (κ3) is 1.31. The monoisotopic (exact) mass is 275 g/mol. The molecule has 0 aliphatic carbocycles. The van der Waals surface area contributed by atoms with Crippen LogP contribution in [-0.4, -0.2) is 4.92 Å². The summed E-state index contributed by atoms with van der Waals surface area (Å²) in [7, 11) is 0. The van der Waals surface area contributed by atoms with Crippen LogP contribution in [-0.2, 0) is 0 Å². The van der Waals surface area contributed by atoms with Gasteiger partial charge >= 0.3 is 5.69 Å². The minimum atomic E-state index is -0.804. The van der Waals surface area contributed by atoms with Crippen LogP contribution in [0.15, 0.2) is 22.0 Å². The highest BCUT2D eigenvalue weighted by atomic mass is 79.9. The van der Waals surface area contributed by atoms with E-state index in [2.05, 4.69) is 15.9 Å². The molecule has 0 N–H and O–H groups in total. The van der Waals surface area contributed by atoms with Crippen molar-refractivity contribution in [2.45, 2.75) is 0 Å². The maximum atomic E-state index is 13.2. The highest BCUT2D eigenvalue weighted by Crippen LogP contribution is 2.38. The zero-order valence-corrected chi connectivity index (χ0v) is 9.06. The summed E-state index contributed by atoms with van der Waals surface area (Å²) in [5.41, 5.74) is -0.462. The molecule has 0 bridgehead atoms. The first-order valence-corrected chi connectivity index (χ1v) is 5.28. The Kier molecular flexibility index (Phi) is 2.24. The molecule has 1 aromatic carbocycles. The number of nitrogens with zero attached hydrogens (tertiary/aromatic N) is 1. The summed E-state index contributed by atoms with van der Waals surface area (Å²) < 4.78 is 14.4. The summed E-state index contributed by atoms with van der Waals surface area (Å²) in [6.07, 6.45) is 0. The second-order valence-corrected chi connectivity index (χ2v) is 4.38. The van der Waals surface area contributed by atoms with Crippen molar-refractivity contribution in [1.82, 2.24) is 0 Å². The molecule has 6 heteroatoms. The molecule has 0 saturated heterocycles. The number of halogens is 2. The fraction of sp³-hybridized carbons (Fsp3) is 0. The Morgan fingerprint density at radius 3 is 2.86 bits per heavy atom. The molecule has 0 saturated carbocycles. The summed E-state index contributed by atoms with van der Waals surface area (Å²) in [4.78, 5) is 9.94. The van der Waals surface area contributed by atoms with Crippen molar-refractivity contribution in [3.63, 3.8) is 0 Å². The molecule has 0 spiro atoms. The minimum Gasteiger partial charge on any atom is -0.258 e. The van der Waals surface area contributed by atoms with E-state index in [0.29, 0.717) is 14.6 Å². The predicted molar refractivity (Wildman–Crippen MR) is 56.1 cm³/mol. The quantitative estimate of drug-likeness (QED) is 0.588. The molecule has 0 unspecified atom stereocenters. The number of nitro benzene ring substituents is 1. The van der Waals surface area contributed by atoms with E-state index in [4.69, 9.17) is 0 Å². The van der Waals surface area contributed by atoms with Gasteiger partial charge in [-0.1, -0.05) is 0 Å². The highest BCUT2D eigenvalue weighted by Gasteiger charge is 2.21. The van der Waals surface area contributed by atoms with Crippen LogP contribution in [0.25, 0.3) is 10.1 Å². The van der Waals surface area contributed by atoms with Crippen molar-refractivity contribution in [3.05, 3.63) is 37.9 Å². The topological polar surface area (TPSA) is 43.1 Å². The molecule has 2 rings (SSSR count). The third-order valence-corrected chi connectivity index (χ3v) is 3.68. The zero-order chi connectivity index (χ0) is 10.3. The summed E-state index contributed by atoms with van der Waals surface area (Å²) in [6, 6.07) is 2.65. The van der Waals surface area contributed by atoms with Crippen LogP contribution in [0.3, 0.4) is 0 Å². The summed E-state index contributed by atoms with van der Waals surface area (Å²) in [6.45, 7) is 0.